The smallest absolute Gasteiger partial charge is 0.124 e. The molecule has 2 aromatic rings. The van der Waals surface area contributed by atoms with Crippen LogP contribution in [-0.4, -0.2) is 4.98 Å². The van der Waals surface area contributed by atoms with Crippen LogP contribution in [0.5, 0.6) is 5.75 Å². The third-order valence-corrected chi connectivity index (χ3v) is 3.25. The molecule has 1 aromatic heterocycles. The fourth-order valence-electron chi connectivity index (χ4n) is 1.84. The molecule has 100 valence electrons. The highest BCUT2D eigenvalue weighted by Gasteiger charge is 2.08. The number of rotatable bonds is 4. The van der Waals surface area contributed by atoms with Crippen molar-refractivity contribution in [2.45, 2.75) is 26.5 Å². The first-order valence-corrected chi connectivity index (χ1v) is 6.94. The van der Waals surface area contributed by atoms with Crippen molar-refractivity contribution in [3.63, 3.8) is 0 Å². The summed E-state index contributed by atoms with van der Waals surface area (Å²) in [5, 5.41) is 0. The van der Waals surface area contributed by atoms with Crippen LogP contribution in [0.4, 0.5) is 0 Å². The van der Waals surface area contributed by atoms with Crippen LogP contribution in [0.15, 0.2) is 41.1 Å². The first kappa shape index (κ1) is 14.0. The van der Waals surface area contributed by atoms with Gasteiger partial charge in [0, 0.05) is 34.0 Å². The summed E-state index contributed by atoms with van der Waals surface area (Å²) in [6.45, 7) is 4.48. The Kier molecular flexibility index (Phi) is 4.56. The molecule has 0 spiro atoms. The number of halogens is 1. The molecule has 0 fully saturated rings. The number of hydrogen-bond acceptors (Lipinski definition) is 3. The fourth-order valence-corrected chi connectivity index (χ4v) is 2.25. The standard InChI is InChI=1S/C15H17BrN2O/c1-10-3-4-14(11(2)17)15(5-10)19-9-12-6-13(16)8-18-7-12/h3-8,11H,9,17H2,1-2H3/t11-/m1/s1. The molecule has 0 aliphatic rings. The Balaban J connectivity index is 2.17. The summed E-state index contributed by atoms with van der Waals surface area (Å²) in [4.78, 5) is 4.12. The van der Waals surface area contributed by atoms with E-state index in [2.05, 4.69) is 20.9 Å². The van der Waals surface area contributed by atoms with Crippen LogP contribution in [0, 0.1) is 6.92 Å². The fraction of sp³-hybridized carbons (Fsp3) is 0.267. The summed E-state index contributed by atoms with van der Waals surface area (Å²) >= 11 is 3.40. The van der Waals surface area contributed by atoms with Gasteiger partial charge in [-0.1, -0.05) is 12.1 Å². The second kappa shape index (κ2) is 6.17. The maximum absolute atomic E-state index is 5.96. The molecule has 0 amide bonds. The number of aromatic nitrogens is 1. The van der Waals surface area contributed by atoms with E-state index < -0.39 is 0 Å². The van der Waals surface area contributed by atoms with Crippen molar-refractivity contribution in [1.82, 2.24) is 4.98 Å². The molecular formula is C15H17BrN2O. The van der Waals surface area contributed by atoms with Crippen molar-refractivity contribution in [3.8, 4) is 5.75 Å². The normalized spacial score (nSPS) is 12.2. The van der Waals surface area contributed by atoms with Crippen LogP contribution in [0.3, 0.4) is 0 Å². The second-order valence-electron chi connectivity index (χ2n) is 4.63. The molecule has 2 rings (SSSR count). The molecule has 1 aromatic carbocycles. The van der Waals surface area contributed by atoms with Crippen LogP contribution in [-0.2, 0) is 6.61 Å². The molecule has 0 radical (unpaired) electrons. The molecular weight excluding hydrogens is 304 g/mol. The van der Waals surface area contributed by atoms with Gasteiger partial charge in [-0.05, 0) is 47.5 Å². The first-order chi connectivity index (χ1) is 9.06. The van der Waals surface area contributed by atoms with Gasteiger partial charge in [-0.15, -0.1) is 0 Å². The molecule has 0 aliphatic carbocycles. The van der Waals surface area contributed by atoms with E-state index in [-0.39, 0.29) is 6.04 Å². The van der Waals surface area contributed by atoms with Crippen LogP contribution >= 0.6 is 15.9 Å². The zero-order chi connectivity index (χ0) is 13.8. The van der Waals surface area contributed by atoms with Gasteiger partial charge in [0.25, 0.3) is 0 Å². The summed E-state index contributed by atoms with van der Waals surface area (Å²) in [7, 11) is 0. The van der Waals surface area contributed by atoms with Gasteiger partial charge in [0.2, 0.25) is 0 Å². The van der Waals surface area contributed by atoms with Crippen LogP contribution in [0.25, 0.3) is 0 Å². The average Bonchev–Trinajstić information content (AvgIpc) is 2.36. The lowest BCUT2D eigenvalue weighted by atomic mass is 10.1. The molecule has 0 saturated heterocycles. The summed E-state index contributed by atoms with van der Waals surface area (Å²) in [6, 6.07) is 8.04. The SMILES string of the molecule is Cc1ccc([C@@H](C)N)c(OCc2cncc(Br)c2)c1. The van der Waals surface area contributed by atoms with Crippen LogP contribution in [0.2, 0.25) is 0 Å². The highest BCUT2D eigenvalue weighted by Crippen LogP contribution is 2.26. The lowest BCUT2D eigenvalue weighted by Gasteiger charge is -2.14. The molecule has 4 heteroatoms. The molecule has 0 bridgehead atoms. The molecule has 0 saturated carbocycles. The van der Waals surface area contributed by atoms with E-state index in [0.717, 1.165) is 26.9 Å². The van der Waals surface area contributed by atoms with E-state index in [1.54, 1.807) is 12.4 Å². The predicted molar refractivity (Wildman–Crippen MR) is 80.1 cm³/mol. The minimum atomic E-state index is -0.0452. The number of nitrogens with zero attached hydrogens (tertiary/aromatic N) is 1. The van der Waals surface area contributed by atoms with Gasteiger partial charge < -0.3 is 10.5 Å². The van der Waals surface area contributed by atoms with Crippen molar-refractivity contribution in [1.29, 1.82) is 0 Å². The molecule has 0 aliphatic heterocycles. The van der Waals surface area contributed by atoms with Gasteiger partial charge in [-0.25, -0.2) is 0 Å². The Morgan fingerprint density at radius 2 is 2.11 bits per heavy atom. The topological polar surface area (TPSA) is 48.1 Å². The minimum absolute atomic E-state index is 0.0452. The molecule has 0 unspecified atom stereocenters. The largest absolute Gasteiger partial charge is 0.488 e. The summed E-state index contributed by atoms with van der Waals surface area (Å²) in [6.07, 6.45) is 3.55. The van der Waals surface area contributed by atoms with E-state index in [1.165, 1.54) is 0 Å². The van der Waals surface area contributed by atoms with Crippen molar-refractivity contribution in [2.75, 3.05) is 0 Å². The number of pyridine rings is 1. The highest BCUT2D eigenvalue weighted by molar-refractivity contribution is 9.10. The van der Waals surface area contributed by atoms with Crippen molar-refractivity contribution in [2.24, 2.45) is 5.73 Å². The van der Waals surface area contributed by atoms with Gasteiger partial charge in [-0.3, -0.25) is 4.98 Å². The highest BCUT2D eigenvalue weighted by atomic mass is 79.9. The zero-order valence-electron chi connectivity index (χ0n) is 11.1. The third kappa shape index (κ3) is 3.78. The van der Waals surface area contributed by atoms with Gasteiger partial charge in [0.15, 0.2) is 0 Å². The number of ether oxygens (including phenoxy) is 1. The predicted octanol–water partition coefficient (Wildman–Crippen LogP) is 3.75. The van der Waals surface area contributed by atoms with E-state index in [9.17, 15) is 0 Å². The van der Waals surface area contributed by atoms with Crippen molar-refractivity contribution >= 4 is 15.9 Å². The maximum atomic E-state index is 5.96. The van der Waals surface area contributed by atoms with Crippen molar-refractivity contribution in [3.05, 3.63) is 57.8 Å². The number of aryl methyl sites for hydroxylation is 1. The molecule has 19 heavy (non-hydrogen) atoms. The van der Waals surface area contributed by atoms with E-state index in [0.29, 0.717) is 6.61 Å². The van der Waals surface area contributed by atoms with Gasteiger partial charge >= 0.3 is 0 Å². The Labute approximate surface area is 121 Å². The Morgan fingerprint density at radius 1 is 1.32 bits per heavy atom. The molecule has 3 nitrogen and oxygen atoms in total. The summed E-state index contributed by atoms with van der Waals surface area (Å²) in [5.74, 6) is 0.843. The van der Waals surface area contributed by atoms with Crippen LogP contribution in [0.1, 0.15) is 29.7 Å². The first-order valence-electron chi connectivity index (χ1n) is 6.14. The third-order valence-electron chi connectivity index (χ3n) is 2.82. The maximum Gasteiger partial charge on any atom is 0.124 e. The van der Waals surface area contributed by atoms with Crippen molar-refractivity contribution < 1.29 is 4.74 Å². The Morgan fingerprint density at radius 3 is 2.79 bits per heavy atom. The second-order valence-corrected chi connectivity index (χ2v) is 5.55. The summed E-state index contributed by atoms with van der Waals surface area (Å²) in [5.41, 5.74) is 9.16. The molecule has 1 heterocycles. The van der Waals surface area contributed by atoms with Gasteiger partial charge in [0.05, 0.1) is 0 Å². The zero-order valence-corrected chi connectivity index (χ0v) is 12.6. The quantitative estimate of drug-likeness (QED) is 0.933. The van der Waals surface area contributed by atoms with Crippen LogP contribution < -0.4 is 10.5 Å². The van der Waals surface area contributed by atoms with E-state index in [1.807, 2.05) is 38.1 Å². The molecule has 1 atom stereocenters. The number of nitrogens with two attached hydrogens (primary N) is 1. The average molecular weight is 321 g/mol. The van der Waals surface area contributed by atoms with E-state index >= 15 is 0 Å². The van der Waals surface area contributed by atoms with E-state index in [4.69, 9.17) is 10.5 Å². The number of hydrogen-bond donors (Lipinski definition) is 1. The van der Waals surface area contributed by atoms with Gasteiger partial charge in [0.1, 0.15) is 12.4 Å². The monoisotopic (exact) mass is 320 g/mol. The van der Waals surface area contributed by atoms with Gasteiger partial charge in [-0.2, -0.15) is 0 Å². The lowest BCUT2D eigenvalue weighted by molar-refractivity contribution is 0.301. The Hall–Kier alpha value is -1.39. The minimum Gasteiger partial charge on any atom is -0.488 e. The lowest BCUT2D eigenvalue weighted by Crippen LogP contribution is -2.08. The molecule has 2 N–H and O–H groups in total. The number of benzene rings is 1. The Bertz CT molecular complexity index is 570. The summed E-state index contributed by atoms with van der Waals surface area (Å²) < 4.78 is 6.83.